The Labute approximate surface area is 170 Å². The van der Waals surface area contributed by atoms with Gasteiger partial charge in [-0.2, -0.15) is 0 Å². The molecule has 2 aromatic heterocycles. The van der Waals surface area contributed by atoms with Gasteiger partial charge in [0.05, 0.1) is 11.4 Å². The molecular formula is C18H22N6O4S. The van der Waals surface area contributed by atoms with Crippen LogP contribution in [0.3, 0.4) is 0 Å². The van der Waals surface area contributed by atoms with Crippen LogP contribution in [0.15, 0.2) is 22.3 Å². The summed E-state index contributed by atoms with van der Waals surface area (Å²) in [6.07, 6.45) is 2.34. The van der Waals surface area contributed by atoms with Crippen molar-refractivity contribution in [2.24, 2.45) is 0 Å². The minimum atomic E-state index is -0.465. The fourth-order valence-electron chi connectivity index (χ4n) is 3.24. The van der Waals surface area contributed by atoms with Crippen LogP contribution >= 0.6 is 11.3 Å². The quantitative estimate of drug-likeness (QED) is 0.649. The summed E-state index contributed by atoms with van der Waals surface area (Å²) < 4.78 is 3.15. The normalized spacial score (nSPS) is 16.8. The fourth-order valence-corrected chi connectivity index (χ4v) is 3.95. The molecule has 2 aromatic rings. The third-order valence-electron chi connectivity index (χ3n) is 4.92. The van der Waals surface area contributed by atoms with E-state index >= 15 is 0 Å². The first kappa shape index (κ1) is 19.4. The van der Waals surface area contributed by atoms with Crippen LogP contribution in [0.5, 0.6) is 0 Å². The molecule has 1 saturated carbocycles. The summed E-state index contributed by atoms with van der Waals surface area (Å²) in [5, 5.41) is 11.4. The van der Waals surface area contributed by atoms with Crippen molar-refractivity contribution in [2.75, 3.05) is 19.6 Å². The number of imide groups is 1. The maximum Gasteiger partial charge on any atom is 0.346 e. The van der Waals surface area contributed by atoms with E-state index in [1.807, 2.05) is 17.5 Å². The Kier molecular flexibility index (Phi) is 5.47. The Morgan fingerprint density at radius 3 is 2.79 bits per heavy atom. The molecule has 29 heavy (non-hydrogen) atoms. The number of thiophene rings is 1. The van der Waals surface area contributed by atoms with E-state index in [2.05, 4.69) is 15.7 Å². The van der Waals surface area contributed by atoms with E-state index in [-0.39, 0.29) is 56.0 Å². The Bertz CT molecular complexity index is 975. The highest BCUT2D eigenvalue weighted by molar-refractivity contribution is 7.13. The summed E-state index contributed by atoms with van der Waals surface area (Å²) in [7, 11) is 0. The molecule has 2 N–H and O–H groups in total. The smallest absolute Gasteiger partial charge is 0.346 e. The van der Waals surface area contributed by atoms with Crippen molar-refractivity contribution >= 4 is 29.2 Å². The zero-order valence-electron chi connectivity index (χ0n) is 15.8. The molecule has 154 valence electrons. The molecule has 0 aromatic carbocycles. The van der Waals surface area contributed by atoms with Crippen LogP contribution in [-0.4, -0.2) is 56.7 Å². The standard InChI is InChI=1S/C18H22N6O4S/c25-14(5-8-22-9-6-15(26)20-17(22)27)19-7-10-23-18(28)24(12-3-4-12)16(21-23)13-2-1-11-29-13/h1-2,11-12H,3-10H2,(H,19,25)(H,20,26,27). The fraction of sp³-hybridized carbons (Fsp3) is 0.500. The highest BCUT2D eigenvalue weighted by atomic mass is 32.1. The second-order valence-electron chi connectivity index (χ2n) is 7.10. The minimum absolute atomic E-state index is 0.132. The molecule has 10 nitrogen and oxygen atoms in total. The first-order valence-electron chi connectivity index (χ1n) is 9.61. The van der Waals surface area contributed by atoms with Crippen molar-refractivity contribution in [1.29, 1.82) is 0 Å². The molecule has 2 aliphatic rings. The lowest BCUT2D eigenvalue weighted by Gasteiger charge is -2.26. The van der Waals surface area contributed by atoms with Crippen LogP contribution in [0.2, 0.25) is 0 Å². The van der Waals surface area contributed by atoms with Gasteiger partial charge in [0.2, 0.25) is 11.8 Å². The summed E-state index contributed by atoms with van der Waals surface area (Å²) in [6.45, 7) is 1.11. The number of carbonyl (C=O) groups excluding carboxylic acids is 3. The van der Waals surface area contributed by atoms with E-state index in [1.165, 1.54) is 9.58 Å². The SMILES string of the molecule is O=C(CCN1CCC(=O)NC1=O)NCCn1nc(-c2cccs2)n(C2CC2)c1=O. The number of amides is 4. The summed E-state index contributed by atoms with van der Waals surface area (Å²) in [5.74, 6) is 0.168. The van der Waals surface area contributed by atoms with Crippen LogP contribution in [-0.2, 0) is 16.1 Å². The Morgan fingerprint density at radius 2 is 2.10 bits per heavy atom. The van der Waals surface area contributed by atoms with E-state index < -0.39 is 6.03 Å². The molecule has 1 aliphatic carbocycles. The monoisotopic (exact) mass is 418 g/mol. The average Bonchev–Trinajstić information content (AvgIpc) is 3.26. The molecule has 0 unspecified atom stereocenters. The summed E-state index contributed by atoms with van der Waals surface area (Å²) in [4.78, 5) is 50.0. The molecule has 4 rings (SSSR count). The Hall–Kier alpha value is -2.95. The number of urea groups is 1. The molecule has 3 heterocycles. The van der Waals surface area contributed by atoms with Crippen molar-refractivity contribution < 1.29 is 14.4 Å². The van der Waals surface area contributed by atoms with Gasteiger partial charge in [-0.15, -0.1) is 16.4 Å². The molecule has 11 heteroatoms. The van der Waals surface area contributed by atoms with E-state index in [1.54, 1.807) is 15.9 Å². The summed E-state index contributed by atoms with van der Waals surface area (Å²) in [6, 6.07) is 3.62. The van der Waals surface area contributed by atoms with Crippen molar-refractivity contribution in [3.63, 3.8) is 0 Å². The zero-order chi connectivity index (χ0) is 20.4. The van der Waals surface area contributed by atoms with Gasteiger partial charge in [-0.25, -0.2) is 14.3 Å². The number of rotatable bonds is 8. The second-order valence-corrected chi connectivity index (χ2v) is 8.05. The van der Waals surface area contributed by atoms with Crippen LogP contribution < -0.4 is 16.3 Å². The third-order valence-corrected chi connectivity index (χ3v) is 5.79. The van der Waals surface area contributed by atoms with Gasteiger partial charge in [-0.05, 0) is 24.3 Å². The third kappa shape index (κ3) is 4.39. The Morgan fingerprint density at radius 1 is 1.28 bits per heavy atom. The largest absolute Gasteiger partial charge is 0.354 e. The predicted octanol–water partition coefficient (Wildman–Crippen LogP) is 0.556. The number of hydrogen-bond acceptors (Lipinski definition) is 6. The first-order valence-corrected chi connectivity index (χ1v) is 10.5. The molecular weight excluding hydrogens is 396 g/mol. The van der Waals surface area contributed by atoms with Gasteiger partial charge in [-0.1, -0.05) is 6.07 Å². The Balaban J connectivity index is 1.30. The van der Waals surface area contributed by atoms with Gasteiger partial charge in [0.25, 0.3) is 0 Å². The number of nitrogens with zero attached hydrogens (tertiary/aromatic N) is 4. The van der Waals surface area contributed by atoms with E-state index in [0.29, 0.717) is 12.4 Å². The maximum absolute atomic E-state index is 12.7. The van der Waals surface area contributed by atoms with Crippen molar-refractivity contribution in [3.05, 3.63) is 28.0 Å². The zero-order valence-corrected chi connectivity index (χ0v) is 16.6. The van der Waals surface area contributed by atoms with Crippen LogP contribution in [0.4, 0.5) is 4.79 Å². The molecule has 0 spiro atoms. The number of carbonyl (C=O) groups is 3. The number of hydrogen-bond donors (Lipinski definition) is 2. The van der Waals surface area contributed by atoms with Crippen molar-refractivity contribution in [1.82, 2.24) is 29.9 Å². The molecule has 2 fully saturated rings. The average molecular weight is 418 g/mol. The predicted molar refractivity (Wildman–Crippen MR) is 105 cm³/mol. The van der Waals surface area contributed by atoms with Gasteiger partial charge in [0.1, 0.15) is 0 Å². The lowest BCUT2D eigenvalue weighted by molar-refractivity contribution is -0.121. The molecule has 0 atom stereocenters. The van der Waals surface area contributed by atoms with Crippen molar-refractivity contribution in [2.45, 2.75) is 38.3 Å². The van der Waals surface area contributed by atoms with Gasteiger partial charge >= 0.3 is 11.7 Å². The van der Waals surface area contributed by atoms with Gasteiger partial charge in [0.15, 0.2) is 5.82 Å². The lowest BCUT2D eigenvalue weighted by atomic mass is 10.3. The van der Waals surface area contributed by atoms with E-state index in [0.717, 1.165) is 17.7 Å². The molecule has 4 amide bonds. The molecule has 1 saturated heterocycles. The number of nitrogens with one attached hydrogen (secondary N) is 2. The summed E-state index contributed by atoms with van der Waals surface area (Å²) >= 11 is 1.54. The maximum atomic E-state index is 12.7. The van der Waals surface area contributed by atoms with Crippen LogP contribution in [0.1, 0.15) is 31.7 Å². The van der Waals surface area contributed by atoms with Crippen LogP contribution in [0, 0.1) is 0 Å². The minimum Gasteiger partial charge on any atom is -0.354 e. The molecule has 0 radical (unpaired) electrons. The molecule has 0 bridgehead atoms. The van der Waals surface area contributed by atoms with Crippen LogP contribution in [0.25, 0.3) is 10.7 Å². The van der Waals surface area contributed by atoms with E-state index in [4.69, 9.17) is 0 Å². The second kappa shape index (κ2) is 8.19. The van der Waals surface area contributed by atoms with Crippen molar-refractivity contribution in [3.8, 4) is 10.7 Å². The summed E-state index contributed by atoms with van der Waals surface area (Å²) in [5.41, 5.74) is -0.153. The topological polar surface area (TPSA) is 118 Å². The van der Waals surface area contributed by atoms with Gasteiger partial charge in [0, 0.05) is 38.5 Å². The highest BCUT2D eigenvalue weighted by Crippen LogP contribution is 2.37. The lowest BCUT2D eigenvalue weighted by Crippen LogP contribution is -2.50. The van der Waals surface area contributed by atoms with Gasteiger partial charge in [-0.3, -0.25) is 19.5 Å². The van der Waals surface area contributed by atoms with Gasteiger partial charge < -0.3 is 10.2 Å². The van der Waals surface area contributed by atoms with E-state index in [9.17, 15) is 19.2 Å². The number of aromatic nitrogens is 3. The highest BCUT2D eigenvalue weighted by Gasteiger charge is 2.30. The first-order chi connectivity index (χ1) is 14.0. The molecule has 1 aliphatic heterocycles.